The molecule has 0 aliphatic heterocycles. The summed E-state index contributed by atoms with van der Waals surface area (Å²) in [7, 11) is 0. The summed E-state index contributed by atoms with van der Waals surface area (Å²) in [5.41, 5.74) is 1.21. The Morgan fingerprint density at radius 3 is 2.16 bits per heavy atom. The Kier molecular flexibility index (Phi) is 9.70. The number of rotatable bonds is 11. The van der Waals surface area contributed by atoms with Crippen LogP contribution >= 0.6 is 0 Å². The van der Waals surface area contributed by atoms with Crippen molar-refractivity contribution in [1.82, 2.24) is 0 Å². The molecule has 0 atom stereocenters. The summed E-state index contributed by atoms with van der Waals surface area (Å²) >= 11 is 0. The highest BCUT2D eigenvalue weighted by atomic mass is 19.2. The smallest absolute Gasteiger partial charge is 0.201 e. The van der Waals surface area contributed by atoms with Gasteiger partial charge in [0.25, 0.3) is 0 Å². The van der Waals surface area contributed by atoms with Gasteiger partial charge in [0.1, 0.15) is 12.4 Å². The van der Waals surface area contributed by atoms with Gasteiger partial charge in [-0.25, -0.2) is 13.2 Å². The van der Waals surface area contributed by atoms with Gasteiger partial charge in [-0.2, -0.15) is 4.39 Å². The Hall–Kier alpha value is -3.02. The van der Waals surface area contributed by atoms with E-state index in [-0.39, 0.29) is 29.4 Å². The van der Waals surface area contributed by atoms with Crippen LogP contribution in [0.25, 0.3) is 11.1 Å². The van der Waals surface area contributed by atoms with Crippen molar-refractivity contribution in [2.75, 3.05) is 6.61 Å². The average molecular weight is 529 g/mol. The van der Waals surface area contributed by atoms with E-state index >= 15 is 4.39 Å². The fourth-order valence-electron chi connectivity index (χ4n) is 5.07. The molecule has 1 aliphatic rings. The van der Waals surface area contributed by atoms with Crippen molar-refractivity contribution in [1.29, 1.82) is 0 Å². The lowest BCUT2D eigenvalue weighted by molar-refractivity contribution is 0.277. The number of hydrogen-bond donors (Lipinski definition) is 0. The second-order valence-electron chi connectivity index (χ2n) is 10.4. The van der Waals surface area contributed by atoms with Crippen molar-refractivity contribution in [2.45, 2.75) is 77.7 Å². The number of halogens is 4. The summed E-state index contributed by atoms with van der Waals surface area (Å²) in [5, 5.41) is 0. The molecule has 0 unspecified atom stereocenters. The predicted octanol–water partition coefficient (Wildman–Crippen LogP) is 9.74. The highest BCUT2D eigenvalue weighted by Crippen LogP contribution is 2.39. The van der Waals surface area contributed by atoms with Gasteiger partial charge in [-0.15, -0.1) is 0 Å². The van der Waals surface area contributed by atoms with Gasteiger partial charge in [0.05, 0.1) is 6.61 Å². The van der Waals surface area contributed by atoms with Crippen LogP contribution in [0.2, 0.25) is 0 Å². The average Bonchev–Trinajstić information content (AvgIpc) is 2.93. The monoisotopic (exact) mass is 528 g/mol. The molecule has 3 aromatic carbocycles. The number of ether oxygens (including phenoxy) is 2. The molecule has 4 rings (SSSR count). The fraction of sp³-hybridized carbons (Fsp3) is 0.438. The van der Waals surface area contributed by atoms with Gasteiger partial charge < -0.3 is 9.47 Å². The van der Waals surface area contributed by atoms with E-state index in [0.29, 0.717) is 29.4 Å². The standard InChI is InChI=1S/C32H36F4O2/c1-3-4-5-6-19-37-28-18-13-24(29(33)32(28)36)20-38-25-14-11-23(12-15-25)27-17-16-26(30(34)31(27)35)22-9-7-21(2)8-10-22/h11-18,21-22H,3-10,19-20H2,1-2H3. The number of benzene rings is 3. The summed E-state index contributed by atoms with van der Waals surface area (Å²) in [6, 6.07) is 12.6. The molecule has 0 radical (unpaired) electrons. The Morgan fingerprint density at radius 2 is 1.45 bits per heavy atom. The Balaban J connectivity index is 1.37. The largest absolute Gasteiger partial charge is 0.490 e. The summed E-state index contributed by atoms with van der Waals surface area (Å²) in [4.78, 5) is 0. The first-order chi connectivity index (χ1) is 18.4. The first-order valence-electron chi connectivity index (χ1n) is 13.7. The van der Waals surface area contributed by atoms with Gasteiger partial charge in [-0.1, -0.05) is 70.2 Å². The van der Waals surface area contributed by atoms with Crippen molar-refractivity contribution in [3.63, 3.8) is 0 Å². The molecule has 0 N–H and O–H groups in total. The molecular weight excluding hydrogens is 492 g/mol. The van der Waals surface area contributed by atoms with Crippen LogP contribution in [-0.4, -0.2) is 6.61 Å². The highest BCUT2D eigenvalue weighted by Gasteiger charge is 2.25. The van der Waals surface area contributed by atoms with Crippen LogP contribution in [0, 0.1) is 29.2 Å². The molecule has 3 aromatic rings. The molecule has 204 valence electrons. The second-order valence-corrected chi connectivity index (χ2v) is 10.4. The van der Waals surface area contributed by atoms with E-state index in [1.807, 2.05) is 0 Å². The minimum Gasteiger partial charge on any atom is -0.490 e. The van der Waals surface area contributed by atoms with E-state index in [0.717, 1.165) is 51.4 Å². The molecule has 0 aromatic heterocycles. The number of unbranched alkanes of at least 4 members (excludes halogenated alkanes) is 3. The lowest BCUT2D eigenvalue weighted by atomic mass is 9.79. The summed E-state index contributed by atoms with van der Waals surface area (Å²) in [6.45, 7) is 4.45. The van der Waals surface area contributed by atoms with Gasteiger partial charge >= 0.3 is 0 Å². The summed E-state index contributed by atoms with van der Waals surface area (Å²) in [5.74, 6) is -2.66. The van der Waals surface area contributed by atoms with Gasteiger partial charge in [0.15, 0.2) is 23.2 Å². The minimum atomic E-state index is -1.03. The molecule has 0 spiro atoms. The van der Waals surface area contributed by atoms with Crippen molar-refractivity contribution in [2.24, 2.45) is 5.92 Å². The van der Waals surface area contributed by atoms with Gasteiger partial charge in [-0.05, 0) is 66.5 Å². The normalized spacial score (nSPS) is 17.4. The van der Waals surface area contributed by atoms with E-state index in [9.17, 15) is 13.2 Å². The van der Waals surface area contributed by atoms with Crippen molar-refractivity contribution in [3.8, 4) is 22.6 Å². The summed E-state index contributed by atoms with van der Waals surface area (Å²) in [6.07, 6.45) is 7.75. The topological polar surface area (TPSA) is 18.5 Å². The maximum atomic E-state index is 15.0. The van der Waals surface area contributed by atoms with Crippen LogP contribution < -0.4 is 9.47 Å². The molecular formula is C32H36F4O2. The van der Waals surface area contributed by atoms with Crippen LogP contribution in [-0.2, 0) is 6.61 Å². The molecule has 0 amide bonds. The van der Waals surface area contributed by atoms with E-state index in [1.165, 1.54) is 12.1 Å². The SMILES string of the molecule is CCCCCCOc1ccc(COc2ccc(-c3ccc(C4CCC(C)CC4)c(F)c3F)cc2)c(F)c1F. The first kappa shape index (κ1) is 28.0. The second kappa shape index (κ2) is 13.2. The van der Waals surface area contributed by atoms with Gasteiger partial charge in [-0.3, -0.25) is 0 Å². The third-order valence-electron chi connectivity index (χ3n) is 7.51. The Morgan fingerprint density at radius 1 is 0.711 bits per heavy atom. The third-order valence-corrected chi connectivity index (χ3v) is 7.51. The van der Waals surface area contributed by atoms with E-state index in [1.54, 1.807) is 36.4 Å². The van der Waals surface area contributed by atoms with Crippen molar-refractivity contribution < 1.29 is 27.0 Å². The maximum absolute atomic E-state index is 15.0. The van der Waals surface area contributed by atoms with Crippen LogP contribution in [0.1, 0.15) is 82.3 Å². The molecule has 1 fully saturated rings. The predicted molar refractivity (Wildman–Crippen MR) is 142 cm³/mol. The highest BCUT2D eigenvalue weighted by molar-refractivity contribution is 5.65. The Bertz CT molecular complexity index is 1200. The molecule has 0 saturated heterocycles. The van der Waals surface area contributed by atoms with Crippen LogP contribution in [0.5, 0.6) is 11.5 Å². The molecule has 1 aliphatic carbocycles. The quantitative estimate of drug-likeness (QED) is 0.182. The maximum Gasteiger partial charge on any atom is 0.201 e. The van der Waals surface area contributed by atoms with E-state index in [2.05, 4.69) is 13.8 Å². The summed E-state index contributed by atoms with van der Waals surface area (Å²) < 4.78 is 69.9. The van der Waals surface area contributed by atoms with Crippen molar-refractivity contribution >= 4 is 0 Å². The van der Waals surface area contributed by atoms with E-state index < -0.39 is 23.3 Å². The van der Waals surface area contributed by atoms with Gasteiger partial charge in [0.2, 0.25) is 5.82 Å². The van der Waals surface area contributed by atoms with Gasteiger partial charge in [0, 0.05) is 11.1 Å². The van der Waals surface area contributed by atoms with Crippen LogP contribution in [0.3, 0.4) is 0 Å². The minimum absolute atomic E-state index is 0.0576. The third kappa shape index (κ3) is 6.69. The van der Waals surface area contributed by atoms with E-state index in [4.69, 9.17) is 9.47 Å². The molecule has 2 nitrogen and oxygen atoms in total. The first-order valence-corrected chi connectivity index (χ1v) is 13.7. The Labute approximate surface area is 223 Å². The zero-order valence-corrected chi connectivity index (χ0v) is 22.2. The van der Waals surface area contributed by atoms with Crippen LogP contribution in [0.4, 0.5) is 17.6 Å². The lowest BCUT2D eigenvalue weighted by Crippen LogP contribution is -2.13. The zero-order chi connectivity index (χ0) is 27.1. The molecule has 6 heteroatoms. The molecule has 0 bridgehead atoms. The number of hydrogen-bond acceptors (Lipinski definition) is 2. The van der Waals surface area contributed by atoms with Crippen LogP contribution in [0.15, 0.2) is 48.5 Å². The molecule has 38 heavy (non-hydrogen) atoms. The lowest BCUT2D eigenvalue weighted by Gasteiger charge is -2.27. The molecule has 0 heterocycles. The fourth-order valence-corrected chi connectivity index (χ4v) is 5.07. The zero-order valence-electron chi connectivity index (χ0n) is 22.2. The van der Waals surface area contributed by atoms with Crippen molar-refractivity contribution in [3.05, 3.63) is 82.9 Å². The molecule has 1 saturated carbocycles.